The summed E-state index contributed by atoms with van der Waals surface area (Å²) in [5.41, 5.74) is 6.78. The van der Waals surface area contributed by atoms with Crippen molar-refractivity contribution in [2.75, 3.05) is 78.3 Å². The van der Waals surface area contributed by atoms with Gasteiger partial charge in [-0.2, -0.15) is 0 Å². The number of para-hydroxylation sites is 1. The fraction of sp³-hybridized carbons (Fsp3) is 0.362. The molecule has 2 amide bonds. The largest absolute Gasteiger partial charge is 0.381 e. The highest BCUT2D eigenvalue weighted by atomic mass is 35.5. The number of halogens is 12. The second kappa shape index (κ2) is 50.0. The molecule has 0 saturated carbocycles. The van der Waals surface area contributed by atoms with Crippen LogP contribution in [0.15, 0.2) is 140 Å². The summed E-state index contributed by atoms with van der Waals surface area (Å²) in [6.45, 7) is 22.3. The molecule has 0 heterocycles. The third-order valence-electron chi connectivity index (χ3n) is 12.8. The zero-order chi connectivity index (χ0) is 67.5. The van der Waals surface area contributed by atoms with Crippen LogP contribution in [0.2, 0.25) is 60.3 Å². The highest BCUT2D eigenvalue weighted by molar-refractivity contribution is 6.44. The summed E-state index contributed by atoms with van der Waals surface area (Å²) in [6, 6.07) is 42.5. The molecule has 498 valence electrons. The molecule has 0 unspecified atom stereocenters. The van der Waals surface area contributed by atoms with Crippen molar-refractivity contribution in [1.82, 2.24) is 36.4 Å². The van der Waals surface area contributed by atoms with E-state index in [0.717, 1.165) is 108 Å². The van der Waals surface area contributed by atoms with Gasteiger partial charge in [-0.3, -0.25) is 9.59 Å². The molecular formula is C69H86Cl12N8O2. The molecule has 22 heteroatoms. The number of hydrogen-bond acceptors (Lipinski definition) is 8. The second-order valence-electron chi connectivity index (χ2n) is 20.5. The first-order valence-corrected chi connectivity index (χ1v) is 34.6. The van der Waals surface area contributed by atoms with Gasteiger partial charge in [0.1, 0.15) is 0 Å². The Bertz CT molecular complexity index is 3180. The third-order valence-corrected chi connectivity index (χ3v) is 17.3. The van der Waals surface area contributed by atoms with Crippen LogP contribution in [0.25, 0.3) is 0 Å². The average molecular weight is 1480 g/mol. The lowest BCUT2D eigenvalue weighted by Crippen LogP contribution is -2.29. The maximum Gasteiger partial charge on any atom is 0.251 e. The Balaban J connectivity index is 0.000000374. The lowest BCUT2D eigenvalue weighted by Gasteiger charge is -2.17. The van der Waals surface area contributed by atoms with Crippen molar-refractivity contribution in [2.24, 2.45) is 0 Å². The lowest BCUT2D eigenvalue weighted by atomic mass is 10.2. The molecule has 6 N–H and O–H groups in total. The van der Waals surface area contributed by atoms with Gasteiger partial charge in [0.2, 0.25) is 0 Å². The number of hydrogen-bond donors (Lipinski definition) is 6. The van der Waals surface area contributed by atoms with Crippen molar-refractivity contribution < 1.29 is 9.59 Å². The molecular weight excluding hydrogens is 1400 g/mol. The minimum Gasteiger partial charge on any atom is -0.381 e. The van der Waals surface area contributed by atoms with Crippen molar-refractivity contribution in [3.8, 4) is 0 Å². The summed E-state index contributed by atoms with van der Waals surface area (Å²) in [5, 5.41) is 25.5. The minimum absolute atomic E-state index is 0.113. The molecule has 0 spiro atoms. The van der Waals surface area contributed by atoms with Gasteiger partial charge in [-0.25, -0.2) is 0 Å². The fourth-order valence-corrected chi connectivity index (χ4v) is 9.57. The maximum atomic E-state index is 11.9. The van der Waals surface area contributed by atoms with E-state index >= 15 is 0 Å². The highest BCUT2D eigenvalue weighted by Crippen LogP contribution is 2.27. The van der Waals surface area contributed by atoms with Crippen molar-refractivity contribution >= 4 is 157 Å². The van der Waals surface area contributed by atoms with Gasteiger partial charge in [-0.05, 0) is 205 Å². The molecule has 7 rings (SSSR count). The molecule has 7 aromatic rings. The Morgan fingerprint density at radius 3 is 1.08 bits per heavy atom. The van der Waals surface area contributed by atoms with Crippen molar-refractivity contribution in [2.45, 2.75) is 92.9 Å². The van der Waals surface area contributed by atoms with E-state index in [1.54, 1.807) is 36.4 Å². The molecule has 0 radical (unpaired) electrons. The first-order chi connectivity index (χ1) is 43.5. The molecule has 0 aromatic heterocycles. The average Bonchev–Trinajstić information content (AvgIpc) is 3.54. The van der Waals surface area contributed by atoms with E-state index in [1.165, 1.54) is 24.0 Å². The quantitative estimate of drug-likeness (QED) is 0.0283. The third kappa shape index (κ3) is 37.4. The number of carbonyl (C=O) groups excluding carboxylic acids is 2. The molecule has 0 aliphatic carbocycles. The van der Waals surface area contributed by atoms with Crippen LogP contribution < -0.4 is 31.9 Å². The van der Waals surface area contributed by atoms with Gasteiger partial charge in [-0.15, -0.1) is 0 Å². The van der Waals surface area contributed by atoms with Crippen LogP contribution in [0.3, 0.4) is 0 Å². The van der Waals surface area contributed by atoms with Gasteiger partial charge in [-0.1, -0.05) is 223 Å². The Morgan fingerprint density at radius 2 is 0.725 bits per heavy atom. The summed E-state index contributed by atoms with van der Waals surface area (Å²) in [6.07, 6.45) is 5.42. The molecule has 0 atom stereocenters. The summed E-state index contributed by atoms with van der Waals surface area (Å²) in [4.78, 5) is 28.0. The number of anilines is 1. The van der Waals surface area contributed by atoms with Crippen molar-refractivity contribution in [3.63, 3.8) is 0 Å². The van der Waals surface area contributed by atoms with Gasteiger partial charge < -0.3 is 41.7 Å². The van der Waals surface area contributed by atoms with E-state index in [9.17, 15) is 9.59 Å². The minimum atomic E-state index is -0.123. The number of amides is 2. The van der Waals surface area contributed by atoms with Crippen molar-refractivity contribution in [1.29, 1.82) is 0 Å². The van der Waals surface area contributed by atoms with Crippen LogP contribution in [0.4, 0.5) is 5.69 Å². The zero-order valence-corrected chi connectivity index (χ0v) is 61.8. The molecule has 0 saturated heterocycles. The Hall–Kier alpha value is -3.44. The summed E-state index contributed by atoms with van der Waals surface area (Å²) >= 11 is 70.0. The number of unbranched alkanes of at least 4 members (excludes halogenated alkanes) is 1. The predicted molar refractivity (Wildman–Crippen MR) is 399 cm³/mol. The Labute approximate surface area is 601 Å². The number of nitrogens with one attached hydrogen (secondary N) is 6. The number of benzene rings is 7. The van der Waals surface area contributed by atoms with Crippen LogP contribution in [-0.2, 0) is 26.2 Å². The summed E-state index contributed by atoms with van der Waals surface area (Å²) in [7, 11) is 4.00. The van der Waals surface area contributed by atoms with Gasteiger partial charge in [0.25, 0.3) is 11.8 Å². The van der Waals surface area contributed by atoms with E-state index in [0.29, 0.717) is 84.5 Å². The predicted octanol–water partition coefficient (Wildman–Crippen LogP) is 21.2. The van der Waals surface area contributed by atoms with Crippen LogP contribution in [0.5, 0.6) is 0 Å². The van der Waals surface area contributed by atoms with E-state index in [2.05, 4.69) is 76.3 Å². The lowest BCUT2D eigenvalue weighted by molar-refractivity contribution is 0.0944. The van der Waals surface area contributed by atoms with Crippen molar-refractivity contribution in [3.05, 3.63) is 233 Å². The first-order valence-electron chi connectivity index (χ1n) is 30.1. The number of carbonyl (C=O) groups is 2. The molecule has 10 nitrogen and oxygen atoms in total. The first kappa shape index (κ1) is 83.6. The summed E-state index contributed by atoms with van der Waals surface area (Å²) < 4.78 is 0. The van der Waals surface area contributed by atoms with Crippen LogP contribution in [0.1, 0.15) is 110 Å². The van der Waals surface area contributed by atoms with Crippen LogP contribution in [-0.4, -0.2) is 94.6 Å². The van der Waals surface area contributed by atoms with E-state index in [4.69, 9.17) is 139 Å². The van der Waals surface area contributed by atoms with Gasteiger partial charge in [0, 0.05) is 56.1 Å². The monoisotopic (exact) mass is 1480 g/mol. The summed E-state index contributed by atoms with van der Waals surface area (Å²) in [5.74, 6) is -0.236. The van der Waals surface area contributed by atoms with Crippen LogP contribution >= 0.6 is 139 Å². The molecule has 0 aliphatic heterocycles. The molecule has 7 aromatic carbocycles. The van der Waals surface area contributed by atoms with Gasteiger partial charge in [0.05, 0.1) is 60.3 Å². The fourth-order valence-electron chi connectivity index (χ4n) is 7.69. The number of rotatable bonds is 27. The second-order valence-corrected chi connectivity index (χ2v) is 25.4. The molecule has 0 fully saturated rings. The van der Waals surface area contributed by atoms with E-state index in [-0.39, 0.29) is 11.8 Å². The Morgan fingerprint density at radius 1 is 0.363 bits per heavy atom. The number of nitrogens with zero attached hydrogens (tertiary/aromatic N) is 2. The normalized spacial score (nSPS) is 10.5. The standard InChI is InChI=1S/C14H20Cl2N2O.C13H11Cl2N.C12H16Cl2N2O.C11H15Cl2N.C10H13Cl2N.C9H11Cl2N/c1-3-18(4-2)9-5-8-17-14(19)11-6-7-12(15)13(16)10-11;14-12-7-6-10(8-13(12)15)9-16-11-4-2-1-3-5-11;1-16(2)7-3-6-15-12(17)9-4-5-10(13)11(14)8-9;1-2-3-6-14-8-9-4-5-10(12)11(13)7-9;1-2-5-13-7-8-3-4-9(11)10(12)6-8;1-2-12-6-7-3-4-8(10)9(11)5-7/h6-7,10H,3-5,8-9H2,1-2H3,(H,17,19);1-8,16H,9H2;4-5,8H,3,6-7H2,1-2H3,(H,15,17);4-5,7,14H,2-3,6,8H2,1H3;3-4,6,13H,2,5,7H2,1H3;3-5,12H,2,6H2,1H3. The van der Waals surface area contributed by atoms with E-state index in [1.807, 2.05) is 117 Å². The smallest absolute Gasteiger partial charge is 0.251 e. The molecule has 91 heavy (non-hydrogen) atoms. The SMILES string of the molecule is CCCCNCc1ccc(Cl)c(Cl)c1.CCCNCc1ccc(Cl)c(Cl)c1.CCN(CC)CCCNC(=O)c1ccc(Cl)c(Cl)c1.CCNCc1ccc(Cl)c(Cl)c1.CN(C)CCCNC(=O)c1ccc(Cl)c(Cl)c1.Clc1ccc(CNc2ccccc2)cc1Cl. The highest BCUT2D eigenvalue weighted by Gasteiger charge is 2.10. The van der Waals surface area contributed by atoms with Gasteiger partial charge >= 0.3 is 0 Å². The Kier molecular flexibility index (Phi) is 46.0. The topological polar surface area (TPSA) is 113 Å². The van der Waals surface area contributed by atoms with E-state index < -0.39 is 0 Å². The molecule has 0 aliphatic rings. The van der Waals surface area contributed by atoms with Crippen LogP contribution in [0, 0.1) is 0 Å². The zero-order valence-electron chi connectivity index (χ0n) is 52.8. The molecule has 0 bridgehead atoms. The maximum absolute atomic E-state index is 11.9. The van der Waals surface area contributed by atoms with Gasteiger partial charge in [0.15, 0.2) is 0 Å².